The van der Waals surface area contributed by atoms with Crippen LogP contribution in [0.4, 0.5) is 0 Å². The Kier molecular flexibility index (Phi) is 3.78. The molecule has 0 saturated carbocycles. The molecule has 0 spiro atoms. The Balaban J connectivity index is 2.07. The van der Waals surface area contributed by atoms with Crippen LogP contribution in [0.15, 0.2) is 23.7 Å². The molecule has 0 aliphatic heterocycles. The largest absolute Gasteiger partial charge is 0.495 e. The average Bonchev–Trinajstić information content (AvgIpc) is 2.96. The predicted molar refractivity (Wildman–Crippen MR) is 86.3 cm³/mol. The molecule has 0 saturated heterocycles. The van der Waals surface area contributed by atoms with E-state index in [2.05, 4.69) is 34.2 Å². The van der Waals surface area contributed by atoms with Gasteiger partial charge in [-0.05, 0) is 18.1 Å². The van der Waals surface area contributed by atoms with Crippen LogP contribution in [0.2, 0.25) is 5.02 Å². The van der Waals surface area contributed by atoms with Crippen LogP contribution in [0.25, 0.3) is 21.7 Å². The third-order valence-electron chi connectivity index (χ3n) is 3.16. The lowest BCUT2D eigenvalue weighted by Gasteiger charge is -2.05. The third-order valence-corrected chi connectivity index (χ3v) is 4.31. The molecule has 108 valence electrons. The number of thiazole rings is 1. The molecular weight excluding hydrogens is 306 g/mol. The van der Waals surface area contributed by atoms with Crippen LogP contribution in [0.3, 0.4) is 0 Å². The molecule has 0 N–H and O–H groups in total. The number of ether oxygens (including phenoxy) is 1. The fourth-order valence-corrected chi connectivity index (χ4v) is 3.10. The molecule has 2 heterocycles. The van der Waals surface area contributed by atoms with Crippen molar-refractivity contribution in [2.75, 3.05) is 7.11 Å². The fraction of sp³-hybridized carbons (Fsp3) is 0.267. The zero-order valence-electron chi connectivity index (χ0n) is 11.9. The van der Waals surface area contributed by atoms with Crippen LogP contribution in [-0.2, 0) is 0 Å². The summed E-state index contributed by atoms with van der Waals surface area (Å²) in [4.78, 5) is 13.5. The molecule has 0 bridgehead atoms. The van der Waals surface area contributed by atoms with Crippen molar-refractivity contribution in [1.29, 1.82) is 0 Å². The van der Waals surface area contributed by atoms with E-state index in [1.165, 1.54) is 0 Å². The molecule has 0 fully saturated rings. The highest BCUT2D eigenvalue weighted by atomic mass is 35.5. The number of benzene rings is 1. The molecule has 3 aromatic rings. The molecule has 0 atom stereocenters. The lowest BCUT2D eigenvalue weighted by molar-refractivity contribution is 0.415. The summed E-state index contributed by atoms with van der Waals surface area (Å²) in [5.74, 6) is 1.65. The van der Waals surface area contributed by atoms with Gasteiger partial charge in [-0.15, -0.1) is 11.3 Å². The summed E-state index contributed by atoms with van der Waals surface area (Å²) in [7, 11) is 1.59. The number of halogens is 1. The first kappa shape index (κ1) is 14.2. The number of fused-ring (bicyclic) bond motifs is 1. The SMILES string of the molecule is COc1cc2cnc(-c3nc(C(C)C)cs3)nc2cc1Cl. The van der Waals surface area contributed by atoms with E-state index in [9.17, 15) is 0 Å². The van der Waals surface area contributed by atoms with E-state index in [0.717, 1.165) is 21.6 Å². The smallest absolute Gasteiger partial charge is 0.189 e. The van der Waals surface area contributed by atoms with E-state index >= 15 is 0 Å². The van der Waals surface area contributed by atoms with E-state index in [0.29, 0.717) is 22.5 Å². The van der Waals surface area contributed by atoms with E-state index in [1.807, 2.05) is 6.07 Å². The maximum Gasteiger partial charge on any atom is 0.189 e. The summed E-state index contributed by atoms with van der Waals surface area (Å²) in [5, 5.41) is 4.30. The Hall–Kier alpha value is -1.72. The zero-order chi connectivity index (χ0) is 15.0. The molecule has 0 amide bonds. The van der Waals surface area contributed by atoms with Crippen molar-refractivity contribution in [3.63, 3.8) is 0 Å². The van der Waals surface area contributed by atoms with Crippen molar-refractivity contribution in [3.05, 3.63) is 34.4 Å². The van der Waals surface area contributed by atoms with Gasteiger partial charge in [0.1, 0.15) is 5.75 Å². The van der Waals surface area contributed by atoms with Crippen molar-refractivity contribution < 1.29 is 4.74 Å². The summed E-state index contributed by atoms with van der Waals surface area (Å²) < 4.78 is 5.20. The second-order valence-corrected chi connectivity index (χ2v) is 6.24. The van der Waals surface area contributed by atoms with Crippen molar-refractivity contribution in [2.45, 2.75) is 19.8 Å². The first-order valence-corrected chi connectivity index (χ1v) is 7.80. The van der Waals surface area contributed by atoms with Gasteiger partial charge in [0.2, 0.25) is 0 Å². The number of hydrogen-bond acceptors (Lipinski definition) is 5. The summed E-state index contributed by atoms with van der Waals surface area (Å²) in [5.41, 5.74) is 1.85. The topological polar surface area (TPSA) is 47.9 Å². The summed E-state index contributed by atoms with van der Waals surface area (Å²) >= 11 is 7.71. The van der Waals surface area contributed by atoms with Gasteiger partial charge < -0.3 is 4.74 Å². The first-order valence-electron chi connectivity index (χ1n) is 6.54. The molecular formula is C15H14ClN3OS. The molecule has 21 heavy (non-hydrogen) atoms. The Morgan fingerprint density at radius 1 is 1.24 bits per heavy atom. The van der Waals surface area contributed by atoms with Gasteiger partial charge in [-0.1, -0.05) is 25.4 Å². The summed E-state index contributed by atoms with van der Waals surface area (Å²) in [6, 6.07) is 3.63. The van der Waals surface area contributed by atoms with Crippen molar-refractivity contribution >= 4 is 33.8 Å². The molecule has 0 unspecified atom stereocenters. The van der Waals surface area contributed by atoms with Gasteiger partial charge in [-0.2, -0.15) is 0 Å². The molecule has 2 aromatic heterocycles. The normalized spacial score (nSPS) is 11.3. The molecule has 4 nitrogen and oxygen atoms in total. The highest BCUT2D eigenvalue weighted by molar-refractivity contribution is 7.13. The van der Waals surface area contributed by atoms with E-state index < -0.39 is 0 Å². The van der Waals surface area contributed by atoms with Crippen LogP contribution in [0, 0.1) is 0 Å². The fourth-order valence-electron chi connectivity index (χ4n) is 1.95. The predicted octanol–water partition coefficient (Wildman–Crippen LogP) is 4.54. The number of hydrogen-bond donors (Lipinski definition) is 0. The van der Waals surface area contributed by atoms with Gasteiger partial charge in [-0.25, -0.2) is 15.0 Å². The summed E-state index contributed by atoms with van der Waals surface area (Å²) in [6.07, 6.45) is 1.77. The molecule has 0 radical (unpaired) electrons. The van der Waals surface area contributed by atoms with Gasteiger partial charge in [0.05, 0.1) is 23.3 Å². The van der Waals surface area contributed by atoms with Crippen LogP contribution in [0.1, 0.15) is 25.5 Å². The minimum Gasteiger partial charge on any atom is -0.495 e. The zero-order valence-corrected chi connectivity index (χ0v) is 13.5. The number of aromatic nitrogens is 3. The van der Waals surface area contributed by atoms with Gasteiger partial charge in [0.15, 0.2) is 10.8 Å². The molecule has 0 aliphatic rings. The van der Waals surface area contributed by atoms with Gasteiger partial charge in [-0.3, -0.25) is 0 Å². The minimum absolute atomic E-state index is 0.397. The van der Waals surface area contributed by atoms with Crippen LogP contribution < -0.4 is 4.74 Å². The number of nitrogens with zero attached hydrogens (tertiary/aromatic N) is 3. The molecule has 3 rings (SSSR count). The van der Waals surface area contributed by atoms with Gasteiger partial charge in [0.25, 0.3) is 0 Å². The Morgan fingerprint density at radius 2 is 2.05 bits per heavy atom. The maximum absolute atomic E-state index is 6.15. The van der Waals surface area contributed by atoms with E-state index in [4.69, 9.17) is 16.3 Å². The van der Waals surface area contributed by atoms with Crippen LogP contribution in [-0.4, -0.2) is 22.1 Å². The van der Waals surface area contributed by atoms with Crippen LogP contribution in [0.5, 0.6) is 5.75 Å². The first-order chi connectivity index (χ1) is 10.1. The van der Waals surface area contributed by atoms with Crippen molar-refractivity contribution in [3.8, 4) is 16.6 Å². The van der Waals surface area contributed by atoms with Crippen molar-refractivity contribution in [2.24, 2.45) is 0 Å². The van der Waals surface area contributed by atoms with Gasteiger partial charge in [0, 0.05) is 17.0 Å². The monoisotopic (exact) mass is 319 g/mol. The lowest BCUT2D eigenvalue weighted by atomic mass is 10.2. The van der Waals surface area contributed by atoms with Gasteiger partial charge >= 0.3 is 0 Å². The minimum atomic E-state index is 0.397. The second kappa shape index (κ2) is 5.58. The van der Waals surface area contributed by atoms with Crippen molar-refractivity contribution in [1.82, 2.24) is 15.0 Å². The number of rotatable bonds is 3. The van der Waals surface area contributed by atoms with E-state index in [1.54, 1.807) is 30.7 Å². The Labute approximate surface area is 131 Å². The molecule has 6 heteroatoms. The highest BCUT2D eigenvalue weighted by Gasteiger charge is 2.12. The Bertz CT molecular complexity index is 801. The molecule has 1 aromatic carbocycles. The summed E-state index contributed by atoms with van der Waals surface area (Å²) in [6.45, 7) is 4.23. The maximum atomic E-state index is 6.15. The second-order valence-electron chi connectivity index (χ2n) is 4.97. The lowest BCUT2D eigenvalue weighted by Crippen LogP contribution is -1.92. The number of methoxy groups -OCH3 is 1. The third kappa shape index (κ3) is 2.71. The van der Waals surface area contributed by atoms with Crippen LogP contribution >= 0.6 is 22.9 Å². The molecule has 0 aliphatic carbocycles. The standard InChI is InChI=1S/C15H14ClN3OS/c1-8(2)12-7-21-15(19-12)14-17-6-9-4-13(20-3)10(16)5-11(9)18-14/h4-8H,1-3H3. The Morgan fingerprint density at radius 3 is 2.71 bits per heavy atom. The highest BCUT2D eigenvalue weighted by Crippen LogP contribution is 2.30. The quantitative estimate of drug-likeness (QED) is 0.711. The average molecular weight is 320 g/mol. The van der Waals surface area contributed by atoms with E-state index in [-0.39, 0.29) is 0 Å².